The molecular formula is C27H24N2O. The number of aromatic nitrogens is 1. The van der Waals surface area contributed by atoms with E-state index in [4.69, 9.17) is 4.98 Å². The summed E-state index contributed by atoms with van der Waals surface area (Å²) in [4.78, 5) is 20.6. The van der Waals surface area contributed by atoms with Crippen molar-refractivity contribution < 1.29 is 4.79 Å². The summed E-state index contributed by atoms with van der Waals surface area (Å²) in [6, 6.07) is 26.6. The molecule has 0 saturated carbocycles. The van der Waals surface area contributed by atoms with Crippen LogP contribution < -0.4 is 4.90 Å². The van der Waals surface area contributed by atoms with Crippen molar-refractivity contribution in [2.24, 2.45) is 0 Å². The minimum absolute atomic E-state index is 0.0483. The van der Waals surface area contributed by atoms with Gasteiger partial charge >= 0.3 is 0 Å². The zero-order chi connectivity index (χ0) is 20.5. The second kappa shape index (κ2) is 7.75. The van der Waals surface area contributed by atoms with Crippen molar-refractivity contribution >= 4 is 22.5 Å². The lowest BCUT2D eigenvalue weighted by atomic mass is 9.98. The number of pyridine rings is 1. The summed E-state index contributed by atoms with van der Waals surface area (Å²) in [5.74, 6) is 0.0483. The summed E-state index contributed by atoms with van der Waals surface area (Å²) in [6.07, 6.45) is 3.01. The van der Waals surface area contributed by atoms with Crippen LogP contribution >= 0.6 is 0 Å². The van der Waals surface area contributed by atoms with Gasteiger partial charge in [0, 0.05) is 23.2 Å². The topological polar surface area (TPSA) is 33.2 Å². The van der Waals surface area contributed by atoms with Gasteiger partial charge in [0.05, 0.1) is 16.8 Å². The molecule has 0 fully saturated rings. The van der Waals surface area contributed by atoms with Gasteiger partial charge in [-0.1, -0.05) is 67.6 Å². The predicted molar refractivity (Wildman–Crippen MR) is 123 cm³/mol. The van der Waals surface area contributed by atoms with Gasteiger partial charge in [-0.2, -0.15) is 0 Å². The van der Waals surface area contributed by atoms with E-state index in [1.54, 1.807) is 0 Å². The average molecular weight is 393 g/mol. The van der Waals surface area contributed by atoms with Crippen molar-refractivity contribution in [1.82, 2.24) is 4.98 Å². The number of rotatable bonds is 3. The fourth-order valence-corrected chi connectivity index (χ4v) is 4.30. The number of carbonyl (C=O) groups is 1. The van der Waals surface area contributed by atoms with Gasteiger partial charge in [-0.15, -0.1) is 0 Å². The first-order chi connectivity index (χ1) is 14.7. The molecule has 30 heavy (non-hydrogen) atoms. The normalized spacial score (nSPS) is 13.3. The summed E-state index contributed by atoms with van der Waals surface area (Å²) >= 11 is 0. The molecule has 1 amide bonds. The SMILES string of the molecule is CCc1ccc(-c2cc(C(=O)N3CCCc4ccccc43)c3ccccc3n2)cc1. The van der Waals surface area contributed by atoms with E-state index in [1.807, 2.05) is 47.4 Å². The van der Waals surface area contributed by atoms with Crippen LogP contribution in [-0.2, 0) is 12.8 Å². The predicted octanol–water partition coefficient (Wildman–Crippen LogP) is 6.06. The Kier molecular flexibility index (Phi) is 4.80. The Morgan fingerprint density at radius 1 is 0.967 bits per heavy atom. The molecule has 0 radical (unpaired) electrons. The van der Waals surface area contributed by atoms with Crippen LogP contribution in [0.4, 0.5) is 5.69 Å². The molecule has 3 heteroatoms. The number of anilines is 1. The molecule has 0 saturated heterocycles. The summed E-state index contributed by atoms with van der Waals surface area (Å²) in [5, 5.41) is 0.902. The Morgan fingerprint density at radius 3 is 2.57 bits per heavy atom. The van der Waals surface area contributed by atoms with Gasteiger partial charge in [0.25, 0.3) is 5.91 Å². The molecule has 4 aromatic rings. The smallest absolute Gasteiger partial charge is 0.259 e. The van der Waals surface area contributed by atoms with Crippen LogP contribution in [0, 0.1) is 0 Å². The van der Waals surface area contributed by atoms with Crippen LogP contribution in [0.1, 0.15) is 34.8 Å². The first kappa shape index (κ1) is 18.6. The highest BCUT2D eigenvalue weighted by atomic mass is 16.2. The van der Waals surface area contributed by atoms with E-state index >= 15 is 0 Å². The lowest BCUT2D eigenvalue weighted by Gasteiger charge is -2.30. The number of benzene rings is 3. The molecule has 0 spiro atoms. The molecule has 3 nitrogen and oxygen atoms in total. The Labute approximate surface area is 177 Å². The minimum Gasteiger partial charge on any atom is -0.308 e. The quantitative estimate of drug-likeness (QED) is 0.425. The van der Waals surface area contributed by atoms with Crippen molar-refractivity contribution in [2.45, 2.75) is 26.2 Å². The van der Waals surface area contributed by atoms with E-state index in [9.17, 15) is 4.79 Å². The van der Waals surface area contributed by atoms with E-state index in [2.05, 4.69) is 43.3 Å². The molecule has 0 aliphatic carbocycles. The number of fused-ring (bicyclic) bond motifs is 2. The van der Waals surface area contributed by atoms with Gasteiger partial charge in [-0.3, -0.25) is 4.79 Å². The summed E-state index contributed by atoms with van der Waals surface area (Å²) in [7, 11) is 0. The molecule has 148 valence electrons. The van der Waals surface area contributed by atoms with Gasteiger partial charge in [0.2, 0.25) is 0 Å². The number of nitrogens with zero attached hydrogens (tertiary/aromatic N) is 2. The standard InChI is InChI=1S/C27H24N2O/c1-2-19-13-15-20(16-14-19)25-18-23(22-10-4-5-11-24(22)28-25)27(30)29-17-7-9-21-8-3-6-12-26(21)29/h3-6,8,10-16,18H,2,7,9,17H2,1H3. The molecule has 3 aromatic carbocycles. The molecule has 0 N–H and O–H groups in total. The van der Waals surface area contributed by atoms with Gasteiger partial charge in [0.1, 0.15) is 0 Å². The number of hydrogen-bond acceptors (Lipinski definition) is 2. The lowest BCUT2D eigenvalue weighted by Crippen LogP contribution is -2.35. The molecule has 0 unspecified atom stereocenters. The van der Waals surface area contributed by atoms with Crippen molar-refractivity contribution in [2.75, 3.05) is 11.4 Å². The number of hydrogen-bond donors (Lipinski definition) is 0. The molecule has 2 heterocycles. The first-order valence-corrected chi connectivity index (χ1v) is 10.6. The molecule has 1 aromatic heterocycles. The maximum absolute atomic E-state index is 13.8. The zero-order valence-corrected chi connectivity index (χ0v) is 17.1. The number of carbonyl (C=O) groups excluding carboxylic acids is 1. The summed E-state index contributed by atoms with van der Waals surface area (Å²) in [5.41, 5.74) is 7.00. The number of amides is 1. The lowest BCUT2D eigenvalue weighted by molar-refractivity contribution is 0.0986. The highest BCUT2D eigenvalue weighted by Crippen LogP contribution is 2.31. The molecular weight excluding hydrogens is 368 g/mol. The maximum Gasteiger partial charge on any atom is 0.259 e. The molecule has 0 bridgehead atoms. The Balaban J connectivity index is 1.64. The van der Waals surface area contributed by atoms with E-state index < -0.39 is 0 Å². The third-order valence-corrected chi connectivity index (χ3v) is 5.96. The van der Waals surface area contributed by atoms with Crippen LogP contribution in [0.5, 0.6) is 0 Å². The minimum atomic E-state index is 0.0483. The van der Waals surface area contributed by atoms with Gasteiger partial charge < -0.3 is 4.90 Å². The Morgan fingerprint density at radius 2 is 1.73 bits per heavy atom. The van der Waals surface area contributed by atoms with Crippen LogP contribution in [-0.4, -0.2) is 17.4 Å². The number of aryl methyl sites for hydroxylation is 2. The molecule has 0 atom stereocenters. The average Bonchev–Trinajstić information content (AvgIpc) is 2.82. The fraction of sp³-hybridized carbons (Fsp3) is 0.185. The van der Waals surface area contributed by atoms with Crippen molar-refractivity contribution in [3.05, 3.63) is 95.6 Å². The highest BCUT2D eigenvalue weighted by Gasteiger charge is 2.25. The van der Waals surface area contributed by atoms with Crippen molar-refractivity contribution in [1.29, 1.82) is 0 Å². The molecule has 1 aliphatic rings. The van der Waals surface area contributed by atoms with E-state index in [1.165, 1.54) is 11.1 Å². The maximum atomic E-state index is 13.8. The van der Waals surface area contributed by atoms with Crippen LogP contribution in [0.15, 0.2) is 78.9 Å². The summed E-state index contributed by atoms with van der Waals surface area (Å²) < 4.78 is 0. The second-order valence-electron chi connectivity index (χ2n) is 7.81. The molecule has 5 rings (SSSR count). The third-order valence-electron chi connectivity index (χ3n) is 5.96. The molecule has 1 aliphatic heterocycles. The highest BCUT2D eigenvalue weighted by molar-refractivity contribution is 6.14. The second-order valence-corrected chi connectivity index (χ2v) is 7.81. The van der Waals surface area contributed by atoms with Gasteiger partial charge in [-0.25, -0.2) is 4.98 Å². The van der Waals surface area contributed by atoms with Gasteiger partial charge in [0.15, 0.2) is 0 Å². The van der Waals surface area contributed by atoms with Crippen LogP contribution in [0.3, 0.4) is 0 Å². The number of para-hydroxylation sites is 2. The monoisotopic (exact) mass is 392 g/mol. The largest absolute Gasteiger partial charge is 0.308 e. The summed E-state index contributed by atoms with van der Waals surface area (Å²) in [6.45, 7) is 2.89. The van der Waals surface area contributed by atoms with Gasteiger partial charge in [-0.05, 0) is 48.6 Å². The van der Waals surface area contributed by atoms with Crippen molar-refractivity contribution in [3.8, 4) is 11.3 Å². The first-order valence-electron chi connectivity index (χ1n) is 10.6. The van der Waals surface area contributed by atoms with E-state index in [0.29, 0.717) is 5.56 Å². The zero-order valence-electron chi connectivity index (χ0n) is 17.1. The van der Waals surface area contributed by atoms with Crippen molar-refractivity contribution in [3.63, 3.8) is 0 Å². The fourth-order valence-electron chi connectivity index (χ4n) is 4.30. The Bertz CT molecular complexity index is 1230. The Hall–Kier alpha value is -3.46. The van der Waals surface area contributed by atoms with E-state index in [-0.39, 0.29) is 5.91 Å². The van der Waals surface area contributed by atoms with Crippen LogP contribution in [0.25, 0.3) is 22.2 Å². The third kappa shape index (κ3) is 3.26. The van der Waals surface area contributed by atoms with E-state index in [0.717, 1.165) is 53.7 Å². The van der Waals surface area contributed by atoms with Crippen LogP contribution in [0.2, 0.25) is 0 Å².